The number of sulfonamides is 1. The molecule has 0 aliphatic rings. The lowest BCUT2D eigenvalue weighted by molar-refractivity contribution is 0.182. The Hall–Kier alpha value is -2.22. The fourth-order valence-corrected chi connectivity index (χ4v) is 3.13. The molecule has 1 heterocycles. The molecular formula is C15H15N3O3S. The molecule has 7 heteroatoms. The number of nitrogens with one attached hydrogen (secondary N) is 2. The van der Waals surface area contributed by atoms with Crippen LogP contribution in [0.25, 0.3) is 10.8 Å². The summed E-state index contributed by atoms with van der Waals surface area (Å²) in [6, 6.07) is 13.3. The maximum atomic E-state index is 11.9. The van der Waals surface area contributed by atoms with Crippen molar-refractivity contribution in [2.45, 2.75) is 11.1 Å². The average Bonchev–Trinajstić information content (AvgIpc) is 3.07. The molecule has 22 heavy (non-hydrogen) atoms. The van der Waals surface area contributed by atoms with Gasteiger partial charge in [-0.05, 0) is 22.4 Å². The first-order valence-corrected chi connectivity index (χ1v) is 8.19. The number of hydrogen-bond donors (Lipinski definition) is 3. The number of aliphatic hydroxyl groups excluding tert-OH is 1. The Bertz CT molecular complexity index is 876. The summed E-state index contributed by atoms with van der Waals surface area (Å²) < 4.78 is 26.3. The Labute approximate surface area is 127 Å². The van der Waals surface area contributed by atoms with Crippen molar-refractivity contribution >= 4 is 20.8 Å². The molecule has 0 radical (unpaired) electrons. The van der Waals surface area contributed by atoms with Crippen LogP contribution in [0, 0.1) is 0 Å². The van der Waals surface area contributed by atoms with Gasteiger partial charge < -0.3 is 10.1 Å². The Morgan fingerprint density at radius 3 is 2.68 bits per heavy atom. The first-order chi connectivity index (χ1) is 10.6. The lowest BCUT2D eigenvalue weighted by Gasteiger charge is -2.13. The highest BCUT2D eigenvalue weighted by molar-refractivity contribution is 7.89. The van der Waals surface area contributed by atoms with E-state index in [1.54, 1.807) is 6.07 Å². The highest BCUT2D eigenvalue weighted by Gasteiger charge is 2.17. The maximum absolute atomic E-state index is 11.9. The van der Waals surface area contributed by atoms with Gasteiger partial charge in [0.15, 0.2) is 5.03 Å². The molecule has 0 aliphatic carbocycles. The number of rotatable bonds is 5. The zero-order valence-electron chi connectivity index (χ0n) is 11.6. The summed E-state index contributed by atoms with van der Waals surface area (Å²) in [4.78, 5) is 6.19. The second-order valence-corrected chi connectivity index (χ2v) is 6.63. The average molecular weight is 317 g/mol. The topological polar surface area (TPSA) is 95.1 Å². The van der Waals surface area contributed by atoms with Crippen molar-refractivity contribution in [1.82, 2.24) is 14.7 Å². The lowest BCUT2D eigenvalue weighted by atomic mass is 10.0. The quantitative estimate of drug-likeness (QED) is 0.666. The van der Waals surface area contributed by atoms with E-state index < -0.39 is 16.1 Å². The van der Waals surface area contributed by atoms with Gasteiger partial charge in [0.2, 0.25) is 0 Å². The fourth-order valence-electron chi connectivity index (χ4n) is 2.19. The van der Waals surface area contributed by atoms with Crippen LogP contribution < -0.4 is 4.72 Å². The molecule has 3 aromatic rings. The normalized spacial score (nSPS) is 13.3. The molecule has 1 unspecified atom stereocenters. The Balaban J connectivity index is 1.75. The van der Waals surface area contributed by atoms with Gasteiger partial charge in [0.1, 0.15) is 0 Å². The molecule has 0 fully saturated rings. The molecule has 3 N–H and O–H groups in total. The van der Waals surface area contributed by atoms with Crippen LogP contribution in [0.3, 0.4) is 0 Å². The van der Waals surface area contributed by atoms with E-state index in [1.165, 1.54) is 12.5 Å². The third kappa shape index (κ3) is 3.01. The molecule has 1 aromatic heterocycles. The van der Waals surface area contributed by atoms with E-state index in [-0.39, 0.29) is 11.6 Å². The minimum atomic E-state index is -3.69. The minimum Gasteiger partial charge on any atom is -0.387 e. The number of benzene rings is 2. The number of H-pyrrole nitrogens is 1. The van der Waals surface area contributed by atoms with Crippen LogP contribution in [-0.2, 0) is 10.0 Å². The van der Waals surface area contributed by atoms with Crippen molar-refractivity contribution < 1.29 is 13.5 Å². The summed E-state index contributed by atoms with van der Waals surface area (Å²) in [7, 11) is -3.69. The van der Waals surface area contributed by atoms with E-state index in [0.29, 0.717) is 5.56 Å². The van der Waals surface area contributed by atoms with Crippen molar-refractivity contribution in [3.8, 4) is 0 Å². The number of hydrogen-bond acceptors (Lipinski definition) is 4. The highest BCUT2D eigenvalue weighted by atomic mass is 32.2. The first-order valence-electron chi connectivity index (χ1n) is 6.71. The molecule has 0 aliphatic heterocycles. The molecule has 2 aromatic carbocycles. The van der Waals surface area contributed by atoms with Gasteiger partial charge >= 0.3 is 0 Å². The summed E-state index contributed by atoms with van der Waals surface area (Å²) in [5.74, 6) is 0. The fraction of sp³-hybridized carbons (Fsp3) is 0.133. The van der Waals surface area contributed by atoms with Crippen molar-refractivity contribution in [2.75, 3.05) is 6.54 Å². The predicted octanol–water partition coefficient (Wildman–Crippen LogP) is 1.57. The molecule has 6 nitrogen and oxygen atoms in total. The Kier molecular flexibility index (Phi) is 3.93. The molecule has 114 valence electrons. The van der Waals surface area contributed by atoms with Crippen LogP contribution in [0.15, 0.2) is 60.0 Å². The minimum absolute atomic E-state index is 0.0294. The van der Waals surface area contributed by atoms with Crippen LogP contribution in [0.2, 0.25) is 0 Å². The summed E-state index contributed by atoms with van der Waals surface area (Å²) >= 11 is 0. The number of aromatic nitrogens is 2. The summed E-state index contributed by atoms with van der Waals surface area (Å²) in [6.07, 6.45) is 1.57. The van der Waals surface area contributed by atoms with Crippen LogP contribution >= 0.6 is 0 Å². The zero-order chi connectivity index (χ0) is 15.6. The number of aromatic amines is 1. The van der Waals surface area contributed by atoms with Crippen molar-refractivity contribution in [1.29, 1.82) is 0 Å². The number of nitrogens with zero attached hydrogens (tertiary/aromatic N) is 1. The highest BCUT2D eigenvalue weighted by Crippen LogP contribution is 2.20. The molecule has 0 spiro atoms. The second-order valence-electron chi connectivity index (χ2n) is 4.89. The van der Waals surface area contributed by atoms with Crippen LogP contribution in [0.5, 0.6) is 0 Å². The molecule has 0 bridgehead atoms. The molecule has 1 atom stereocenters. The molecule has 0 saturated carbocycles. The van der Waals surface area contributed by atoms with Crippen molar-refractivity contribution in [3.63, 3.8) is 0 Å². The van der Waals surface area contributed by atoms with E-state index in [2.05, 4.69) is 14.7 Å². The van der Waals surface area contributed by atoms with E-state index in [0.717, 1.165) is 10.8 Å². The molecule has 0 amide bonds. The molecular weight excluding hydrogens is 302 g/mol. The van der Waals surface area contributed by atoms with Gasteiger partial charge in [0, 0.05) is 6.54 Å². The van der Waals surface area contributed by atoms with Crippen molar-refractivity contribution in [2.24, 2.45) is 0 Å². The predicted molar refractivity (Wildman–Crippen MR) is 82.7 cm³/mol. The molecule has 3 rings (SSSR count). The summed E-state index contributed by atoms with van der Waals surface area (Å²) in [5.41, 5.74) is 0.658. The van der Waals surface area contributed by atoms with Crippen molar-refractivity contribution in [3.05, 3.63) is 60.6 Å². The van der Waals surface area contributed by atoms with Gasteiger partial charge in [-0.2, -0.15) is 0 Å². The van der Waals surface area contributed by atoms with E-state index in [1.807, 2.05) is 36.4 Å². The maximum Gasteiger partial charge on any atom is 0.257 e. The largest absolute Gasteiger partial charge is 0.387 e. The monoisotopic (exact) mass is 317 g/mol. The number of fused-ring (bicyclic) bond motifs is 1. The van der Waals surface area contributed by atoms with Crippen LogP contribution in [0.1, 0.15) is 11.7 Å². The SMILES string of the molecule is O=S(=O)(NCC(O)c1ccc2ccccc2c1)c1cnc[nH]1. The van der Waals surface area contributed by atoms with Crippen LogP contribution in [0.4, 0.5) is 0 Å². The Morgan fingerprint density at radius 1 is 1.18 bits per heavy atom. The lowest BCUT2D eigenvalue weighted by Crippen LogP contribution is -2.28. The second kappa shape index (κ2) is 5.88. The van der Waals surface area contributed by atoms with Gasteiger partial charge in [-0.3, -0.25) is 0 Å². The van der Waals surface area contributed by atoms with Crippen LogP contribution in [-0.4, -0.2) is 30.0 Å². The third-order valence-corrected chi connectivity index (χ3v) is 4.74. The summed E-state index contributed by atoms with van der Waals surface area (Å²) in [5, 5.41) is 12.2. The zero-order valence-corrected chi connectivity index (χ0v) is 12.4. The van der Waals surface area contributed by atoms with Gasteiger partial charge in [0.25, 0.3) is 10.0 Å². The third-order valence-electron chi connectivity index (χ3n) is 3.39. The van der Waals surface area contributed by atoms with E-state index in [9.17, 15) is 13.5 Å². The smallest absolute Gasteiger partial charge is 0.257 e. The number of imidazole rings is 1. The van der Waals surface area contributed by atoms with E-state index in [4.69, 9.17) is 0 Å². The van der Waals surface area contributed by atoms with Gasteiger partial charge in [0.05, 0.1) is 18.6 Å². The van der Waals surface area contributed by atoms with Gasteiger partial charge in [-0.25, -0.2) is 18.1 Å². The molecule has 0 saturated heterocycles. The number of aliphatic hydroxyl groups is 1. The van der Waals surface area contributed by atoms with E-state index >= 15 is 0 Å². The first kappa shape index (κ1) is 14.7. The summed E-state index contributed by atoms with van der Waals surface area (Å²) in [6.45, 7) is -0.111. The standard InChI is InChI=1S/C15H15N3O3S/c19-14(8-18-22(20,21)15-9-16-10-17-15)13-6-5-11-3-1-2-4-12(11)7-13/h1-7,9-10,14,18-19H,8H2,(H,16,17). The Morgan fingerprint density at radius 2 is 1.95 bits per heavy atom. The van der Waals surface area contributed by atoms with Gasteiger partial charge in [-0.1, -0.05) is 36.4 Å². The van der Waals surface area contributed by atoms with Gasteiger partial charge in [-0.15, -0.1) is 0 Å².